The predicted octanol–water partition coefficient (Wildman–Crippen LogP) is 6.08. The lowest BCUT2D eigenvalue weighted by atomic mass is 9.92. The van der Waals surface area contributed by atoms with Crippen LogP contribution in [0.15, 0.2) is 60.8 Å². The number of ether oxygens (including phenoxy) is 1. The van der Waals surface area contributed by atoms with Crippen molar-refractivity contribution in [2.75, 3.05) is 0 Å². The van der Waals surface area contributed by atoms with Gasteiger partial charge in [-0.3, -0.25) is 4.79 Å². The molecular weight excluding hydrogens is 461 g/mol. The smallest absolute Gasteiger partial charge is 0.416 e. The maximum absolute atomic E-state index is 12.9. The normalized spacial score (nSPS) is 12.6. The van der Waals surface area contributed by atoms with Gasteiger partial charge in [0, 0.05) is 28.3 Å². The van der Waals surface area contributed by atoms with Crippen molar-refractivity contribution in [1.82, 2.24) is 9.78 Å². The number of hydrogen-bond donors (Lipinski definition) is 2. The molecular formula is C26H23F3N2O4. The highest BCUT2D eigenvalue weighted by molar-refractivity contribution is 5.82. The average molecular weight is 484 g/mol. The summed E-state index contributed by atoms with van der Waals surface area (Å²) in [6, 6.07) is 13.2. The van der Waals surface area contributed by atoms with Gasteiger partial charge in [0.1, 0.15) is 18.1 Å². The van der Waals surface area contributed by atoms with Crippen LogP contribution >= 0.6 is 0 Å². The fourth-order valence-electron chi connectivity index (χ4n) is 4.04. The van der Waals surface area contributed by atoms with E-state index in [2.05, 4.69) is 5.10 Å². The number of benzene rings is 3. The number of carboxylic acid groups (broad SMARTS) is 1. The van der Waals surface area contributed by atoms with Gasteiger partial charge in [0.15, 0.2) is 0 Å². The summed E-state index contributed by atoms with van der Waals surface area (Å²) in [7, 11) is 0. The summed E-state index contributed by atoms with van der Waals surface area (Å²) in [5.41, 5.74) is 2.00. The Labute approximate surface area is 199 Å². The molecule has 1 aromatic heterocycles. The zero-order valence-corrected chi connectivity index (χ0v) is 19.0. The Bertz CT molecular complexity index is 1380. The summed E-state index contributed by atoms with van der Waals surface area (Å²) in [4.78, 5) is 11.7. The minimum atomic E-state index is -4.42. The molecule has 1 heterocycles. The van der Waals surface area contributed by atoms with Crippen LogP contribution in [0, 0.1) is 0 Å². The number of halogens is 3. The lowest BCUT2D eigenvalue weighted by Crippen LogP contribution is -2.12. The number of hydrogen-bond acceptors (Lipinski definition) is 4. The van der Waals surface area contributed by atoms with Gasteiger partial charge in [0.05, 0.1) is 22.7 Å². The van der Waals surface area contributed by atoms with Crippen molar-refractivity contribution in [2.24, 2.45) is 0 Å². The number of rotatable bonds is 7. The molecule has 0 fully saturated rings. The van der Waals surface area contributed by atoms with Gasteiger partial charge in [-0.2, -0.15) is 18.3 Å². The number of phenolic OH excluding ortho intramolecular Hbond substituents is 1. The molecule has 0 bridgehead atoms. The Morgan fingerprint density at radius 1 is 1.11 bits per heavy atom. The standard InChI is InChI=1S/C26H23F3N2O4/c1-3-20-21(32)11-12-22(23(20)15(2)25(33)34)35-14-17-6-4-5-16-13-31(30-24(16)17)19-9-7-18(8-10-19)26(27,28)29/h4-13,15,32H,3,14H2,1-2H3,(H,33,34). The van der Waals surface area contributed by atoms with Crippen LogP contribution < -0.4 is 4.74 Å². The molecule has 0 saturated carbocycles. The minimum Gasteiger partial charge on any atom is -0.508 e. The number of carbonyl (C=O) groups is 1. The van der Waals surface area contributed by atoms with E-state index in [-0.39, 0.29) is 12.4 Å². The highest BCUT2D eigenvalue weighted by atomic mass is 19.4. The summed E-state index contributed by atoms with van der Waals surface area (Å²) >= 11 is 0. The van der Waals surface area contributed by atoms with Crippen molar-refractivity contribution in [1.29, 1.82) is 0 Å². The van der Waals surface area contributed by atoms with Crippen LogP contribution in [0.5, 0.6) is 11.5 Å². The highest BCUT2D eigenvalue weighted by Gasteiger charge is 2.30. The molecule has 1 atom stereocenters. The van der Waals surface area contributed by atoms with Gasteiger partial charge in [0.2, 0.25) is 0 Å². The number of nitrogens with zero attached hydrogens (tertiary/aromatic N) is 2. The van der Waals surface area contributed by atoms with E-state index in [0.717, 1.165) is 17.5 Å². The largest absolute Gasteiger partial charge is 0.508 e. The number of aromatic hydroxyl groups is 1. The van der Waals surface area contributed by atoms with E-state index in [1.165, 1.54) is 29.8 Å². The average Bonchev–Trinajstić information content (AvgIpc) is 3.27. The van der Waals surface area contributed by atoms with E-state index in [0.29, 0.717) is 40.1 Å². The summed E-state index contributed by atoms with van der Waals surface area (Å²) < 4.78 is 46.2. The van der Waals surface area contributed by atoms with Gasteiger partial charge in [-0.15, -0.1) is 0 Å². The molecule has 0 amide bonds. The van der Waals surface area contributed by atoms with E-state index in [9.17, 15) is 28.2 Å². The molecule has 182 valence electrons. The number of alkyl halides is 3. The predicted molar refractivity (Wildman–Crippen MR) is 124 cm³/mol. The monoisotopic (exact) mass is 484 g/mol. The van der Waals surface area contributed by atoms with Crippen molar-refractivity contribution < 1.29 is 32.9 Å². The van der Waals surface area contributed by atoms with Crippen molar-refractivity contribution in [3.63, 3.8) is 0 Å². The maximum atomic E-state index is 12.9. The van der Waals surface area contributed by atoms with Crippen LogP contribution in [0.25, 0.3) is 16.6 Å². The van der Waals surface area contributed by atoms with E-state index < -0.39 is 23.6 Å². The van der Waals surface area contributed by atoms with Gasteiger partial charge in [-0.05, 0) is 49.7 Å². The van der Waals surface area contributed by atoms with E-state index in [1.54, 1.807) is 12.3 Å². The first-order valence-corrected chi connectivity index (χ1v) is 11.0. The van der Waals surface area contributed by atoms with Gasteiger partial charge >= 0.3 is 12.1 Å². The molecule has 35 heavy (non-hydrogen) atoms. The van der Waals surface area contributed by atoms with Gasteiger partial charge in [-0.1, -0.05) is 25.1 Å². The molecule has 4 rings (SSSR count). The number of fused-ring (bicyclic) bond motifs is 1. The Morgan fingerprint density at radius 2 is 1.83 bits per heavy atom. The summed E-state index contributed by atoms with van der Waals surface area (Å²) in [5, 5.41) is 25.1. The van der Waals surface area contributed by atoms with Crippen LogP contribution in [0.3, 0.4) is 0 Å². The molecule has 0 saturated heterocycles. The molecule has 0 radical (unpaired) electrons. The van der Waals surface area contributed by atoms with Crippen molar-refractivity contribution in [3.05, 3.63) is 83.0 Å². The third-order valence-electron chi connectivity index (χ3n) is 5.91. The topological polar surface area (TPSA) is 84.6 Å². The quantitative estimate of drug-likeness (QED) is 0.332. The van der Waals surface area contributed by atoms with Crippen LogP contribution in [-0.4, -0.2) is 26.0 Å². The summed E-state index contributed by atoms with van der Waals surface area (Å²) in [6.45, 7) is 3.44. The first kappa shape index (κ1) is 24.1. The highest BCUT2D eigenvalue weighted by Crippen LogP contribution is 2.37. The van der Waals surface area contributed by atoms with Crippen molar-refractivity contribution in [2.45, 2.75) is 39.0 Å². The zero-order valence-electron chi connectivity index (χ0n) is 19.0. The Kier molecular flexibility index (Phi) is 6.43. The lowest BCUT2D eigenvalue weighted by Gasteiger charge is -2.19. The second-order valence-electron chi connectivity index (χ2n) is 8.15. The fraction of sp³-hybridized carbons (Fsp3) is 0.231. The second-order valence-corrected chi connectivity index (χ2v) is 8.15. The second kappa shape index (κ2) is 9.32. The molecule has 1 unspecified atom stereocenters. The Balaban J connectivity index is 1.65. The van der Waals surface area contributed by atoms with Gasteiger partial charge in [-0.25, -0.2) is 4.68 Å². The van der Waals surface area contributed by atoms with E-state index in [4.69, 9.17) is 4.74 Å². The summed E-state index contributed by atoms with van der Waals surface area (Å²) in [5.74, 6) is -1.55. The minimum absolute atomic E-state index is 0.0142. The SMILES string of the molecule is CCc1c(O)ccc(OCc2cccc3cn(-c4ccc(C(F)(F)F)cc4)nc23)c1C(C)C(=O)O. The molecule has 6 nitrogen and oxygen atoms in total. The molecule has 3 aromatic carbocycles. The number of phenols is 1. The van der Waals surface area contributed by atoms with Crippen molar-refractivity contribution in [3.8, 4) is 17.2 Å². The van der Waals surface area contributed by atoms with Crippen molar-refractivity contribution >= 4 is 16.9 Å². The molecule has 2 N–H and O–H groups in total. The molecule has 0 aliphatic heterocycles. The van der Waals surface area contributed by atoms with Crippen LogP contribution in [-0.2, 0) is 24.0 Å². The first-order chi connectivity index (χ1) is 16.6. The number of carboxylic acids is 1. The lowest BCUT2D eigenvalue weighted by molar-refractivity contribution is -0.139. The molecule has 4 aromatic rings. The van der Waals surface area contributed by atoms with Crippen LogP contribution in [0.1, 0.15) is 42.0 Å². The molecule has 0 spiro atoms. The van der Waals surface area contributed by atoms with Crippen LogP contribution in [0.2, 0.25) is 0 Å². The third-order valence-corrected chi connectivity index (χ3v) is 5.91. The molecule has 9 heteroatoms. The molecule has 0 aliphatic carbocycles. The third kappa shape index (κ3) is 4.80. The fourth-order valence-corrected chi connectivity index (χ4v) is 4.04. The van der Waals surface area contributed by atoms with E-state index >= 15 is 0 Å². The summed E-state index contributed by atoms with van der Waals surface area (Å²) in [6.07, 6.45) is -2.26. The molecule has 0 aliphatic rings. The van der Waals surface area contributed by atoms with E-state index in [1.807, 2.05) is 25.1 Å². The van der Waals surface area contributed by atoms with Gasteiger partial charge in [0.25, 0.3) is 0 Å². The Hall–Kier alpha value is -4.01. The maximum Gasteiger partial charge on any atom is 0.416 e. The number of aromatic nitrogens is 2. The first-order valence-electron chi connectivity index (χ1n) is 11.0. The Morgan fingerprint density at radius 3 is 2.46 bits per heavy atom. The van der Waals surface area contributed by atoms with Crippen LogP contribution in [0.4, 0.5) is 13.2 Å². The van der Waals surface area contributed by atoms with Gasteiger partial charge < -0.3 is 14.9 Å². The zero-order chi connectivity index (χ0) is 25.3. The number of aliphatic carboxylic acids is 1.